The Kier molecular flexibility index (Phi) is 3.61. The van der Waals surface area contributed by atoms with Crippen molar-refractivity contribution in [3.05, 3.63) is 81.6 Å². The molecule has 1 aromatic heterocycles. The third-order valence-corrected chi connectivity index (χ3v) is 8.02. The average molecular weight is 387 g/mol. The molecular weight excluding hydrogens is 364 g/mol. The van der Waals surface area contributed by atoms with E-state index in [1.807, 2.05) is 10.6 Å². The molecule has 28 heavy (non-hydrogen) atoms. The van der Waals surface area contributed by atoms with Crippen molar-refractivity contribution >= 4 is 11.8 Å². The van der Waals surface area contributed by atoms with Gasteiger partial charge in [0.25, 0.3) is 5.56 Å². The number of aromatic nitrogens is 2. The maximum absolute atomic E-state index is 13.8. The van der Waals surface area contributed by atoms with Crippen LogP contribution in [0.25, 0.3) is 11.3 Å². The molecule has 2 aromatic carbocycles. The van der Waals surface area contributed by atoms with Crippen molar-refractivity contribution in [1.82, 2.24) is 9.55 Å². The van der Waals surface area contributed by atoms with Crippen LogP contribution >= 0.6 is 11.8 Å². The van der Waals surface area contributed by atoms with Crippen LogP contribution in [0.15, 0.2) is 64.5 Å². The first-order valence-electron chi connectivity index (χ1n) is 10.2. The minimum absolute atomic E-state index is 0.00863. The van der Waals surface area contributed by atoms with E-state index >= 15 is 0 Å². The van der Waals surface area contributed by atoms with E-state index in [4.69, 9.17) is 4.98 Å². The van der Waals surface area contributed by atoms with Gasteiger partial charge in [-0.25, -0.2) is 4.98 Å². The van der Waals surface area contributed by atoms with Crippen LogP contribution in [0, 0.1) is 0 Å². The zero-order valence-electron chi connectivity index (χ0n) is 15.7. The number of nitrogens with zero attached hydrogens (tertiary/aromatic N) is 2. The van der Waals surface area contributed by atoms with Crippen molar-refractivity contribution in [1.29, 1.82) is 0 Å². The van der Waals surface area contributed by atoms with Crippen LogP contribution < -0.4 is 5.56 Å². The van der Waals surface area contributed by atoms with Gasteiger partial charge in [-0.15, -0.1) is 0 Å². The van der Waals surface area contributed by atoms with Gasteiger partial charge in [-0.2, -0.15) is 0 Å². The second-order valence-corrected chi connectivity index (χ2v) is 9.54. The minimum atomic E-state index is -0.00863. The Morgan fingerprint density at radius 2 is 1.75 bits per heavy atom. The molecule has 1 aliphatic heterocycles. The van der Waals surface area contributed by atoms with Gasteiger partial charge < -0.3 is 0 Å². The standard InChI is InChI=1S/C24H22N2OS/c27-22-20-21(18-11-5-4-10-17(18)14-24(20)12-6-7-13-24)25-23-26(22)15-19(28-23)16-8-2-1-3-9-16/h1-5,8-11,19H,6-7,12-15H2/t19-/m0/s1. The van der Waals surface area contributed by atoms with Gasteiger partial charge >= 0.3 is 0 Å². The van der Waals surface area contributed by atoms with Gasteiger partial charge in [0.15, 0.2) is 5.16 Å². The first kappa shape index (κ1) is 16.6. The summed E-state index contributed by atoms with van der Waals surface area (Å²) in [5.41, 5.74) is 5.96. The molecule has 1 spiro atoms. The summed E-state index contributed by atoms with van der Waals surface area (Å²) in [6.45, 7) is 0.723. The molecule has 4 heteroatoms. The molecule has 0 unspecified atom stereocenters. The molecule has 2 heterocycles. The normalized spacial score (nSPS) is 21.4. The van der Waals surface area contributed by atoms with Gasteiger partial charge in [-0.05, 0) is 30.4 Å². The largest absolute Gasteiger partial charge is 0.286 e. The molecule has 1 saturated carbocycles. The lowest BCUT2D eigenvalue weighted by Crippen LogP contribution is -2.39. The first-order chi connectivity index (χ1) is 13.8. The van der Waals surface area contributed by atoms with E-state index in [-0.39, 0.29) is 16.2 Å². The molecule has 2 aliphatic carbocycles. The van der Waals surface area contributed by atoms with Crippen molar-refractivity contribution in [2.45, 2.75) is 54.5 Å². The van der Waals surface area contributed by atoms with Gasteiger partial charge in [-0.1, -0.05) is 79.2 Å². The molecule has 0 amide bonds. The lowest BCUT2D eigenvalue weighted by molar-refractivity contribution is 0.417. The Bertz CT molecular complexity index is 1130. The third kappa shape index (κ3) is 2.30. The molecule has 3 aromatic rings. The van der Waals surface area contributed by atoms with Crippen LogP contribution in [-0.4, -0.2) is 9.55 Å². The number of hydrogen-bond donors (Lipinski definition) is 0. The number of hydrogen-bond acceptors (Lipinski definition) is 3. The van der Waals surface area contributed by atoms with E-state index in [1.54, 1.807) is 11.8 Å². The summed E-state index contributed by atoms with van der Waals surface area (Å²) in [6, 6.07) is 19.1. The summed E-state index contributed by atoms with van der Waals surface area (Å²) >= 11 is 1.73. The highest BCUT2D eigenvalue weighted by molar-refractivity contribution is 7.99. The molecule has 0 radical (unpaired) electrons. The Labute approximate surface area is 168 Å². The van der Waals surface area contributed by atoms with Gasteiger partial charge in [0.1, 0.15) is 0 Å². The number of rotatable bonds is 1. The van der Waals surface area contributed by atoms with Crippen molar-refractivity contribution in [2.24, 2.45) is 0 Å². The summed E-state index contributed by atoms with van der Waals surface area (Å²) in [4.78, 5) is 18.9. The molecule has 1 atom stereocenters. The smallest absolute Gasteiger partial charge is 0.258 e. The van der Waals surface area contributed by atoms with Gasteiger partial charge in [0.05, 0.1) is 16.5 Å². The first-order valence-corrected chi connectivity index (χ1v) is 11.1. The summed E-state index contributed by atoms with van der Waals surface area (Å²) in [5.74, 6) is 0. The number of fused-ring (bicyclic) bond motifs is 5. The molecule has 1 fully saturated rings. The fourth-order valence-electron chi connectivity index (χ4n) is 5.47. The van der Waals surface area contributed by atoms with Crippen molar-refractivity contribution in [3.8, 4) is 11.3 Å². The van der Waals surface area contributed by atoms with E-state index in [9.17, 15) is 4.79 Å². The zero-order chi connectivity index (χ0) is 18.7. The lowest BCUT2D eigenvalue weighted by Gasteiger charge is -2.36. The highest BCUT2D eigenvalue weighted by Gasteiger charge is 2.45. The minimum Gasteiger partial charge on any atom is -0.286 e. The van der Waals surface area contributed by atoms with E-state index in [0.29, 0.717) is 0 Å². The Hall–Kier alpha value is -2.33. The molecule has 3 aliphatic rings. The molecule has 140 valence electrons. The molecule has 6 rings (SSSR count). The molecule has 0 saturated heterocycles. The molecular formula is C24H22N2OS. The van der Waals surface area contributed by atoms with Gasteiger partial charge in [-0.3, -0.25) is 9.36 Å². The van der Waals surface area contributed by atoms with Crippen LogP contribution in [0.3, 0.4) is 0 Å². The Morgan fingerprint density at radius 3 is 2.57 bits per heavy atom. The van der Waals surface area contributed by atoms with Crippen LogP contribution in [0.2, 0.25) is 0 Å². The van der Waals surface area contributed by atoms with Crippen LogP contribution in [-0.2, 0) is 18.4 Å². The van der Waals surface area contributed by atoms with E-state index in [1.165, 1.54) is 29.5 Å². The summed E-state index contributed by atoms with van der Waals surface area (Å²) in [6.07, 6.45) is 5.63. The fraction of sp³-hybridized carbons (Fsp3) is 0.333. The van der Waals surface area contributed by atoms with Crippen LogP contribution in [0.1, 0.15) is 47.6 Å². The van der Waals surface area contributed by atoms with E-state index in [2.05, 4.69) is 48.5 Å². The van der Waals surface area contributed by atoms with Crippen molar-refractivity contribution in [3.63, 3.8) is 0 Å². The number of thioether (sulfide) groups is 1. The highest BCUT2D eigenvalue weighted by Crippen LogP contribution is 2.51. The molecule has 3 nitrogen and oxygen atoms in total. The predicted molar refractivity (Wildman–Crippen MR) is 113 cm³/mol. The second kappa shape index (κ2) is 6.08. The monoisotopic (exact) mass is 386 g/mol. The third-order valence-electron chi connectivity index (χ3n) is 6.79. The van der Waals surface area contributed by atoms with Crippen LogP contribution in [0.4, 0.5) is 0 Å². The van der Waals surface area contributed by atoms with E-state index in [0.717, 1.165) is 42.2 Å². The maximum Gasteiger partial charge on any atom is 0.258 e. The van der Waals surface area contributed by atoms with Gasteiger partial charge in [0, 0.05) is 17.5 Å². The summed E-state index contributed by atoms with van der Waals surface area (Å²) in [7, 11) is 0. The topological polar surface area (TPSA) is 34.9 Å². The lowest BCUT2D eigenvalue weighted by atomic mass is 9.68. The molecule has 0 N–H and O–H groups in total. The fourth-order valence-corrected chi connectivity index (χ4v) is 6.67. The SMILES string of the molecule is O=c1c2c(nc3n1C[C@@H](c1ccccc1)S3)-c1ccccc1CC21CCCC1. The quantitative estimate of drug-likeness (QED) is 0.544. The predicted octanol–water partition coefficient (Wildman–Crippen LogP) is 5.13. The maximum atomic E-state index is 13.8. The van der Waals surface area contributed by atoms with Crippen LogP contribution in [0.5, 0.6) is 0 Å². The van der Waals surface area contributed by atoms with E-state index < -0.39 is 0 Å². The second-order valence-electron chi connectivity index (χ2n) is 8.37. The summed E-state index contributed by atoms with van der Waals surface area (Å²) in [5, 5.41) is 1.14. The Morgan fingerprint density at radius 1 is 1.00 bits per heavy atom. The molecule has 0 bridgehead atoms. The van der Waals surface area contributed by atoms with Crippen molar-refractivity contribution in [2.75, 3.05) is 0 Å². The van der Waals surface area contributed by atoms with Gasteiger partial charge in [0.2, 0.25) is 0 Å². The average Bonchev–Trinajstić information content (AvgIpc) is 3.36. The number of benzene rings is 2. The van der Waals surface area contributed by atoms with Crippen molar-refractivity contribution < 1.29 is 0 Å². The Balaban J connectivity index is 1.55. The zero-order valence-corrected chi connectivity index (χ0v) is 16.5. The summed E-state index contributed by atoms with van der Waals surface area (Å²) < 4.78 is 1.95. The highest BCUT2D eigenvalue weighted by atomic mass is 32.2.